The third-order valence-electron chi connectivity index (χ3n) is 4.20. The molecule has 6 heteroatoms. The number of hydrogen-bond donors (Lipinski definition) is 1. The summed E-state index contributed by atoms with van der Waals surface area (Å²) in [5.41, 5.74) is 6.47. The number of amides is 1. The lowest BCUT2D eigenvalue weighted by molar-refractivity contribution is -0.385. The number of carbonyl (C=O) groups excluding carboxylic acids is 1. The van der Waals surface area contributed by atoms with Crippen molar-refractivity contribution >= 4 is 11.6 Å². The van der Waals surface area contributed by atoms with Gasteiger partial charge in [0.2, 0.25) is 0 Å². The SMILES string of the molecule is Cc1cccc([N+](=O)[O-])c1C(=O)N1C(C)CCCC1CN. The van der Waals surface area contributed by atoms with E-state index in [9.17, 15) is 14.9 Å². The van der Waals surface area contributed by atoms with Gasteiger partial charge in [-0.1, -0.05) is 12.1 Å². The Kier molecular flexibility index (Phi) is 4.57. The molecule has 0 spiro atoms. The van der Waals surface area contributed by atoms with E-state index in [1.165, 1.54) is 6.07 Å². The van der Waals surface area contributed by atoms with E-state index < -0.39 is 4.92 Å². The Morgan fingerprint density at radius 2 is 2.19 bits per heavy atom. The Balaban J connectivity index is 2.45. The van der Waals surface area contributed by atoms with Crippen LogP contribution in [0.3, 0.4) is 0 Å². The number of rotatable bonds is 3. The quantitative estimate of drug-likeness (QED) is 0.683. The van der Waals surface area contributed by atoms with Crippen molar-refractivity contribution in [2.75, 3.05) is 6.54 Å². The summed E-state index contributed by atoms with van der Waals surface area (Å²) < 4.78 is 0. The molecule has 0 saturated carbocycles. The minimum Gasteiger partial charge on any atom is -0.331 e. The summed E-state index contributed by atoms with van der Waals surface area (Å²) in [6, 6.07) is 4.72. The van der Waals surface area contributed by atoms with Crippen molar-refractivity contribution in [3.8, 4) is 0 Å². The van der Waals surface area contributed by atoms with Gasteiger partial charge in [0.05, 0.1) is 4.92 Å². The highest BCUT2D eigenvalue weighted by atomic mass is 16.6. The number of likely N-dealkylation sites (tertiary alicyclic amines) is 1. The van der Waals surface area contributed by atoms with Gasteiger partial charge in [0, 0.05) is 24.7 Å². The third-order valence-corrected chi connectivity index (χ3v) is 4.20. The van der Waals surface area contributed by atoms with Gasteiger partial charge >= 0.3 is 0 Å². The molecular formula is C15H21N3O3. The van der Waals surface area contributed by atoms with Gasteiger partial charge in [-0.25, -0.2) is 0 Å². The van der Waals surface area contributed by atoms with E-state index in [4.69, 9.17) is 5.73 Å². The average molecular weight is 291 g/mol. The van der Waals surface area contributed by atoms with Gasteiger partial charge in [-0.15, -0.1) is 0 Å². The largest absolute Gasteiger partial charge is 0.331 e. The first kappa shape index (κ1) is 15.4. The maximum Gasteiger partial charge on any atom is 0.282 e. The second-order valence-corrected chi connectivity index (χ2v) is 5.61. The number of nitrogens with zero attached hydrogens (tertiary/aromatic N) is 2. The van der Waals surface area contributed by atoms with Gasteiger partial charge in [0.1, 0.15) is 5.56 Å². The first-order valence-corrected chi connectivity index (χ1v) is 7.24. The van der Waals surface area contributed by atoms with Gasteiger partial charge in [0.15, 0.2) is 0 Å². The highest BCUT2D eigenvalue weighted by Crippen LogP contribution is 2.29. The van der Waals surface area contributed by atoms with Crippen LogP contribution >= 0.6 is 0 Å². The summed E-state index contributed by atoms with van der Waals surface area (Å²) in [6.45, 7) is 4.09. The molecule has 2 atom stereocenters. The van der Waals surface area contributed by atoms with Crippen molar-refractivity contribution in [3.63, 3.8) is 0 Å². The molecule has 0 bridgehead atoms. The number of hydrogen-bond acceptors (Lipinski definition) is 4. The van der Waals surface area contributed by atoms with Crippen LogP contribution in [0.15, 0.2) is 18.2 Å². The van der Waals surface area contributed by atoms with E-state index in [0.717, 1.165) is 19.3 Å². The predicted molar refractivity (Wildman–Crippen MR) is 80.2 cm³/mol. The zero-order valence-corrected chi connectivity index (χ0v) is 12.4. The second kappa shape index (κ2) is 6.22. The van der Waals surface area contributed by atoms with Gasteiger partial charge < -0.3 is 10.6 Å². The van der Waals surface area contributed by atoms with Gasteiger partial charge in [-0.2, -0.15) is 0 Å². The summed E-state index contributed by atoms with van der Waals surface area (Å²) in [5, 5.41) is 11.2. The Morgan fingerprint density at radius 3 is 2.81 bits per heavy atom. The number of aryl methyl sites for hydroxylation is 1. The number of nitro groups is 1. The van der Waals surface area contributed by atoms with Crippen LogP contribution < -0.4 is 5.73 Å². The Hall–Kier alpha value is -1.95. The van der Waals surface area contributed by atoms with Gasteiger partial charge in [-0.05, 0) is 38.7 Å². The summed E-state index contributed by atoms with van der Waals surface area (Å²) >= 11 is 0. The molecule has 2 rings (SSSR count). The molecule has 1 saturated heterocycles. The fraction of sp³-hybridized carbons (Fsp3) is 0.533. The first-order chi connectivity index (χ1) is 9.97. The Labute approximate surface area is 124 Å². The molecule has 2 N–H and O–H groups in total. The first-order valence-electron chi connectivity index (χ1n) is 7.24. The van der Waals surface area contributed by atoms with E-state index in [0.29, 0.717) is 12.1 Å². The minimum atomic E-state index is -0.494. The monoisotopic (exact) mass is 291 g/mol. The number of carbonyl (C=O) groups is 1. The molecule has 1 heterocycles. The summed E-state index contributed by atoms with van der Waals surface area (Å²) in [7, 11) is 0. The average Bonchev–Trinajstić information content (AvgIpc) is 2.45. The molecule has 6 nitrogen and oxygen atoms in total. The van der Waals surface area contributed by atoms with Crippen molar-refractivity contribution in [1.82, 2.24) is 4.90 Å². The van der Waals surface area contributed by atoms with Crippen molar-refractivity contribution < 1.29 is 9.72 Å². The Morgan fingerprint density at radius 1 is 1.48 bits per heavy atom. The molecule has 0 radical (unpaired) electrons. The minimum absolute atomic E-state index is 0.0412. The van der Waals surface area contributed by atoms with Crippen LogP contribution in [-0.2, 0) is 0 Å². The van der Waals surface area contributed by atoms with Crippen molar-refractivity contribution in [2.24, 2.45) is 5.73 Å². The van der Waals surface area contributed by atoms with E-state index in [-0.39, 0.29) is 29.2 Å². The summed E-state index contributed by atoms with van der Waals surface area (Å²) in [5.74, 6) is -0.276. The van der Waals surface area contributed by atoms with Crippen LogP contribution in [0.25, 0.3) is 0 Å². The predicted octanol–water partition coefficient (Wildman–Crippen LogP) is 2.25. The van der Waals surface area contributed by atoms with Crippen molar-refractivity contribution in [3.05, 3.63) is 39.4 Å². The molecule has 114 valence electrons. The summed E-state index contributed by atoms with van der Waals surface area (Å²) in [4.78, 5) is 25.3. The number of benzene rings is 1. The van der Waals surface area contributed by atoms with Crippen molar-refractivity contribution in [2.45, 2.75) is 45.2 Å². The Bertz CT molecular complexity index is 559. The highest BCUT2D eigenvalue weighted by Gasteiger charge is 2.35. The van der Waals surface area contributed by atoms with Crippen LogP contribution in [0.2, 0.25) is 0 Å². The fourth-order valence-electron chi connectivity index (χ4n) is 3.10. The van der Waals surface area contributed by atoms with E-state index in [1.54, 1.807) is 24.0 Å². The molecular weight excluding hydrogens is 270 g/mol. The zero-order valence-electron chi connectivity index (χ0n) is 12.4. The molecule has 1 aliphatic rings. The van der Waals surface area contributed by atoms with Gasteiger partial charge in [-0.3, -0.25) is 14.9 Å². The van der Waals surface area contributed by atoms with Gasteiger partial charge in [0.25, 0.3) is 11.6 Å². The fourth-order valence-corrected chi connectivity index (χ4v) is 3.10. The number of nitro benzene ring substituents is 1. The van der Waals surface area contributed by atoms with Crippen LogP contribution in [0.4, 0.5) is 5.69 Å². The maximum atomic E-state index is 12.9. The van der Waals surface area contributed by atoms with E-state index in [2.05, 4.69) is 0 Å². The van der Waals surface area contributed by atoms with Crippen LogP contribution in [0.1, 0.15) is 42.1 Å². The van der Waals surface area contributed by atoms with Crippen LogP contribution in [0.5, 0.6) is 0 Å². The highest BCUT2D eigenvalue weighted by molar-refractivity contribution is 6.00. The molecule has 1 aromatic rings. The number of piperidine rings is 1. The molecule has 1 fully saturated rings. The lowest BCUT2D eigenvalue weighted by Gasteiger charge is -2.40. The molecule has 0 aliphatic carbocycles. The van der Waals surface area contributed by atoms with E-state index >= 15 is 0 Å². The molecule has 1 amide bonds. The summed E-state index contributed by atoms with van der Waals surface area (Å²) in [6.07, 6.45) is 2.79. The van der Waals surface area contributed by atoms with Crippen LogP contribution in [-0.4, -0.2) is 34.4 Å². The lowest BCUT2D eigenvalue weighted by Crippen LogP contribution is -2.52. The molecule has 1 aliphatic heterocycles. The smallest absolute Gasteiger partial charge is 0.282 e. The van der Waals surface area contributed by atoms with Crippen LogP contribution in [0, 0.1) is 17.0 Å². The maximum absolute atomic E-state index is 12.9. The topological polar surface area (TPSA) is 89.5 Å². The standard InChI is InChI=1S/C15H21N3O3/c1-10-5-3-8-13(18(20)21)14(10)15(19)17-11(2)6-4-7-12(17)9-16/h3,5,8,11-12H,4,6-7,9,16H2,1-2H3. The normalized spacial score (nSPS) is 22.1. The molecule has 2 unspecified atom stereocenters. The molecule has 0 aromatic heterocycles. The number of nitrogens with two attached hydrogens (primary N) is 1. The second-order valence-electron chi connectivity index (χ2n) is 5.61. The molecule has 1 aromatic carbocycles. The lowest BCUT2D eigenvalue weighted by atomic mass is 9.94. The zero-order chi connectivity index (χ0) is 15.6. The molecule has 21 heavy (non-hydrogen) atoms. The van der Waals surface area contributed by atoms with Crippen molar-refractivity contribution in [1.29, 1.82) is 0 Å². The van der Waals surface area contributed by atoms with E-state index in [1.807, 2.05) is 6.92 Å². The third kappa shape index (κ3) is 2.90.